The van der Waals surface area contributed by atoms with Gasteiger partial charge in [0.1, 0.15) is 5.69 Å². The lowest BCUT2D eigenvalue weighted by Crippen LogP contribution is -2.20. The molecule has 0 spiro atoms. The lowest BCUT2D eigenvalue weighted by molar-refractivity contribution is -0.384. The van der Waals surface area contributed by atoms with Crippen molar-refractivity contribution >= 4 is 33.2 Å². The summed E-state index contributed by atoms with van der Waals surface area (Å²) in [5.41, 5.74) is 3.55. The molecule has 21 heavy (non-hydrogen) atoms. The van der Waals surface area contributed by atoms with E-state index in [0.717, 1.165) is 0 Å². The number of halogens is 1. The quantitative estimate of drug-likeness (QED) is 0.499. The van der Waals surface area contributed by atoms with E-state index in [-0.39, 0.29) is 11.4 Å². The smallest absolute Gasteiger partial charge is 0.272 e. The summed E-state index contributed by atoms with van der Waals surface area (Å²) in [6.07, 6.45) is 1.45. The fourth-order valence-corrected chi connectivity index (χ4v) is 1.90. The summed E-state index contributed by atoms with van der Waals surface area (Å²) in [6, 6.07) is 6.00. The van der Waals surface area contributed by atoms with Crippen LogP contribution in [0.5, 0.6) is 0 Å². The number of aromatic nitrogens is 2. The van der Waals surface area contributed by atoms with Crippen molar-refractivity contribution in [1.82, 2.24) is 15.6 Å². The van der Waals surface area contributed by atoms with Crippen molar-refractivity contribution in [3.05, 3.63) is 56.3 Å². The Morgan fingerprint density at radius 3 is 2.90 bits per heavy atom. The van der Waals surface area contributed by atoms with E-state index in [9.17, 15) is 14.9 Å². The first kappa shape index (κ1) is 14.9. The topological polar surface area (TPSA) is 113 Å². The number of aromatic amines is 1. The van der Waals surface area contributed by atoms with Gasteiger partial charge in [0.05, 0.1) is 21.3 Å². The molecule has 108 valence electrons. The van der Waals surface area contributed by atoms with Crippen LogP contribution in [-0.2, 0) is 0 Å². The minimum atomic E-state index is -0.489. The highest BCUT2D eigenvalue weighted by Gasteiger charge is 2.12. The van der Waals surface area contributed by atoms with E-state index in [0.29, 0.717) is 15.7 Å². The number of carbonyl (C=O) groups excluding carboxylic acids is 1. The Balaban J connectivity index is 2.14. The van der Waals surface area contributed by atoms with Gasteiger partial charge in [-0.05, 0) is 22.9 Å². The van der Waals surface area contributed by atoms with E-state index < -0.39 is 10.8 Å². The van der Waals surface area contributed by atoms with Gasteiger partial charge in [0.15, 0.2) is 0 Å². The zero-order valence-corrected chi connectivity index (χ0v) is 12.4. The second-order valence-corrected chi connectivity index (χ2v) is 4.89. The van der Waals surface area contributed by atoms with Crippen LogP contribution in [0.3, 0.4) is 0 Å². The molecule has 0 saturated heterocycles. The predicted molar refractivity (Wildman–Crippen MR) is 79.1 cm³/mol. The molecule has 0 unspecified atom stereocenters. The minimum Gasteiger partial charge on any atom is -0.272 e. The van der Waals surface area contributed by atoms with E-state index in [1.807, 2.05) is 0 Å². The summed E-state index contributed by atoms with van der Waals surface area (Å²) in [5, 5.41) is 20.9. The molecular weight excluding hydrogens is 342 g/mol. The fraction of sp³-hybridized carbons (Fsp3) is 0.0833. The zero-order chi connectivity index (χ0) is 15.4. The normalized spacial score (nSPS) is 11.2. The van der Waals surface area contributed by atoms with Gasteiger partial charge in [-0.3, -0.25) is 20.0 Å². The lowest BCUT2D eigenvalue weighted by Gasteiger charge is -2.02. The fourth-order valence-electron chi connectivity index (χ4n) is 1.53. The van der Waals surface area contributed by atoms with Gasteiger partial charge in [-0.2, -0.15) is 10.2 Å². The number of rotatable bonds is 4. The van der Waals surface area contributed by atoms with Gasteiger partial charge in [-0.1, -0.05) is 12.1 Å². The monoisotopic (exact) mass is 351 g/mol. The van der Waals surface area contributed by atoms with Crippen LogP contribution in [0.4, 0.5) is 5.69 Å². The molecule has 0 aliphatic heterocycles. The van der Waals surface area contributed by atoms with Gasteiger partial charge in [0.2, 0.25) is 0 Å². The summed E-state index contributed by atoms with van der Waals surface area (Å²) in [7, 11) is 0. The number of hydrazone groups is 1. The minimum absolute atomic E-state index is 0.0373. The lowest BCUT2D eigenvalue weighted by atomic mass is 10.1. The highest BCUT2D eigenvalue weighted by atomic mass is 79.9. The molecule has 0 fully saturated rings. The maximum atomic E-state index is 11.8. The number of nitrogens with one attached hydrogen (secondary N) is 2. The Labute approximate surface area is 127 Å². The van der Waals surface area contributed by atoms with Crippen molar-refractivity contribution in [3.8, 4) is 0 Å². The molecule has 2 N–H and O–H groups in total. The number of benzene rings is 1. The van der Waals surface area contributed by atoms with Crippen LogP contribution < -0.4 is 5.43 Å². The molecule has 1 aromatic carbocycles. The third-order valence-corrected chi connectivity index (χ3v) is 3.22. The number of nitro benzene ring substituents is 1. The van der Waals surface area contributed by atoms with Crippen molar-refractivity contribution in [2.75, 3.05) is 0 Å². The molecule has 2 rings (SSSR count). The zero-order valence-electron chi connectivity index (χ0n) is 10.8. The van der Waals surface area contributed by atoms with Gasteiger partial charge in [-0.15, -0.1) is 0 Å². The van der Waals surface area contributed by atoms with Crippen LogP contribution in [0.15, 0.2) is 40.0 Å². The number of hydrogen-bond donors (Lipinski definition) is 2. The van der Waals surface area contributed by atoms with Crippen LogP contribution in [0.1, 0.15) is 23.0 Å². The van der Waals surface area contributed by atoms with Gasteiger partial charge < -0.3 is 0 Å². The van der Waals surface area contributed by atoms with Crippen LogP contribution in [0.2, 0.25) is 0 Å². The third kappa shape index (κ3) is 3.51. The first-order chi connectivity index (χ1) is 9.99. The van der Waals surface area contributed by atoms with Gasteiger partial charge in [-0.25, -0.2) is 5.43 Å². The Morgan fingerprint density at radius 1 is 1.52 bits per heavy atom. The first-order valence-electron chi connectivity index (χ1n) is 5.77. The van der Waals surface area contributed by atoms with E-state index in [1.54, 1.807) is 19.1 Å². The van der Waals surface area contributed by atoms with Gasteiger partial charge in [0.25, 0.3) is 11.6 Å². The summed E-state index contributed by atoms with van der Waals surface area (Å²) in [6.45, 7) is 1.64. The largest absolute Gasteiger partial charge is 0.290 e. The van der Waals surface area contributed by atoms with Crippen molar-refractivity contribution in [2.24, 2.45) is 5.10 Å². The molecule has 0 bridgehead atoms. The second kappa shape index (κ2) is 6.27. The van der Waals surface area contributed by atoms with Crippen molar-refractivity contribution in [1.29, 1.82) is 0 Å². The number of hydrogen-bond acceptors (Lipinski definition) is 5. The number of carbonyl (C=O) groups is 1. The maximum absolute atomic E-state index is 11.8. The number of nitro groups is 1. The standard InChI is InChI=1S/C12H10BrN5O3/c1-7(8-3-2-4-9(5-8)18(20)21)15-17-12(19)11-10(13)6-14-16-11/h2-6H,1H3,(H,14,16)(H,17,19)/b15-7+. The van der Waals surface area contributed by atoms with E-state index in [2.05, 4.69) is 36.7 Å². The summed E-state index contributed by atoms with van der Waals surface area (Å²) >= 11 is 3.17. The number of amides is 1. The van der Waals surface area contributed by atoms with E-state index in [1.165, 1.54) is 18.3 Å². The molecule has 0 atom stereocenters. The Morgan fingerprint density at radius 2 is 2.29 bits per heavy atom. The van der Waals surface area contributed by atoms with E-state index in [4.69, 9.17) is 0 Å². The number of non-ortho nitro benzene ring substituents is 1. The third-order valence-electron chi connectivity index (χ3n) is 2.62. The molecular formula is C12H10BrN5O3. The molecule has 1 heterocycles. The maximum Gasteiger partial charge on any atom is 0.290 e. The molecule has 0 saturated carbocycles. The summed E-state index contributed by atoms with van der Waals surface area (Å²) in [4.78, 5) is 22.0. The van der Waals surface area contributed by atoms with Crippen molar-refractivity contribution < 1.29 is 9.72 Å². The Hall–Kier alpha value is -2.55. The molecule has 0 radical (unpaired) electrons. The molecule has 2 aromatic rings. The van der Waals surface area contributed by atoms with Crippen LogP contribution in [-0.4, -0.2) is 26.7 Å². The highest BCUT2D eigenvalue weighted by Crippen LogP contribution is 2.14. The second-order valence-electron chi connectivity index (χ2n) is 4.04. The SMILES string of the molecule is C/C(=N\NC(=O)c1[nH]ncc1Br)c1cccc([N+](=O)[O-])c1. The molecule has 1 aromatic heterocycles. The first-order valence-corrected chi connectivity index (χ1v) is 6.56. The summed E-state index contributed by atoms with van der Waals surface area (Å²) in [5.74, 6) is -0.468. The van der Waals surface area contributed by atoms with Crippen LogP contribution in [0, 0.1) is 10.1 Å². The van der Waals surface area contributed by atoms with E-state index >= 15 is 0 Å². The average molecular weight is 352 g/mol. The predicted octanol–water partition coefficient (Wildman–Crippen LogP) is 2.23. The van der Waals surface area contributed by atoms with Gasteiger partial charge >= 0.3 is 0 Å². The highest BCUT2D eigenvalue weighted by molar-refractivity contribution is 9.10. The van der Waals surface area contributed by atoms with Crippen molar-refractivity contribution in [3.63, 3.8) is 0 Å². The molecule has 1 amide bonds. The molecule has 0 aliphatic rings. The van der Waals surface area contributed by atoms with Crippen LogP contribution >= 0.6 is 15.9 Å². The Bertz CT molecular complexity index is 725. The number of H-pyrrole nitrogens is 1. The summed E-state index contributed by atoms with van der Waals surface area (Å²) < 4.78 is 0.517. The number of nitrogens with zero attached hydrogens (tertiary/aromatic N) is 3. The molecule has 9 heteroatoms. The van der Waals surface area contributed by atoms with Crippen LogP contribution in [0.25, 0.3) is 0 Å². The Kier molecular flexibility index (Phi) is 4.43. The molecule has 8 nitrogen and oxygen atoms in total. The van der Waals surface area contributed by atoms with Crippen molar-refractivity contribution in [2.45, 2.75) is 6.92 Å². The molecule has 0 aliphatic carbocycles. The van der Waals surface area contributed by atoms with Gasteiger partial charge in [0, 0.05) is 17.7 Å². The average Bonchev–Trinajstić information content (AvgIpc) is 2.90.